The molecule has 0 saturated carbocycles. The van der Waals surface area contributed by atoms with Gasteiger partial charge in [0.05, 0.1) is 0 Å². The average molecular weight is 270 g/mol. The molecule has 0 saturated heterocycles. The number of hydrogen-bond donors (Lipinski definition) is 3. The van der Waals surface area contributed by atoms with Crippen molar-refractivity contribution in [1.82, 2.24) is 4.98 Å². The Morgan fingerprint density at radius 3 is 2.27 bits per heavy atom. The predicted octanol–water partition coefficient (Wildman–Crippen LogP) is 1.64. The lowest BCUT2D eigenvalue weighted by Gasteiger charge is -2.23. The highest BCUT2D eigenvalue weighted by Gasteiger charge is 2.38. The molecular weight excluding hydrogens is 258 g/mol. The van der Waals surface area contributed by atoms with Crippen LogP contribution in [0, 0.1) is 0 Å². The van der Waals surface area contributed by atoms with Crippen molar-refractivity contribution in [3.05, 3.63) is 11.6 Å². The van der Waals surface area contributed by atoms with Crippen LogP contribution in [0.5, 0.6) is 0 Å². The molecule has 0 aromatic carbocycles. The van der Waals surface area contributed by atoms with Crippen molar-refractivity contribution in [3.63, 3.8) is 0 Å². The SMILES string of the molecule is CP(=O)(O)C(Nc1nccs1)P(C)(=O)O. The molecule has 0 bridgehead atoms. The zero-order valence-corrected chi connectivity index (χ0v) is 10.8. The van der Waals surface area contributed by atoms with E-state index in [-0.39, 0.29) is 0 Å². The summed E-state index contributed by atoms with van der Waals surface area (Å²) in [5.41, 5.74) is -1.36. The van der Waals surface area contributed by atoms with Gasteiger partial charge in [0.15, 0.2) is 10.7 Å². The van der Waals surface area contributed by atoms with Gasteiger partial charge in [0.2, 0.25) is 14.7 Å². The number of nitrogens with one attached hydrogen (secondary N) is 1. The molecule has 0 amide bonds. The number of hydrogen-bond acceptors (Lipinski definition) is 5. The van der Waals surface area contributed by atoms with Gasteiger partial charge >= 0.3 is 0 Å². The minimum Gasteiger partial charge on any atom is -0.343 e. The highest BCUT2D eigenvalue weighted by molar-refractivity contribution is 7.76. The van der Waals surface area contributed by atoms with E-state index >= 15 is 0 Å². The number of anilines is 1. The van der Waals surface area contributed by atoms with Gasteiger partial charge in [0.1, 0.15) is 0 Å². The Balaban J connectivity index is 2.95. The maximum absolute atomic E-state index is 11.4. The lowest BCUT2D eigenvalue weighted by Crippen LogP contribution is -2.19. The maximum Gasteiger partial charge on any atom is 0.229 e. The van der Waals surface area contributed by atoms with Gasteiger partial charge in [-0.15, -0.1) is 11.3 Å². The molecule has 0 radical (unpaired) electrons. The summed E-state index contributed by atoms with van der Waals surface area (Å²) in [6, 6.07) is 0. The highest BCUT2D eigenvalue weighted by atomic mass is 32.1. The summed E-state index contributed by atoms with van der Waals surface area (Å²) in [6.07, 6.45) is 1.50. The zero-order chi connectivity index (χ0) is 11.7. The molecule has 9 heteroatoms. The number of thiazole rings is 1. The van der Waals surface area contributed by atoms with E-state index in [1.165, 1.54) is 17.5 Å². The molecule has 2 atom stereocenters. The summed E-state index contributed by atoms with van der Waals surface area (Å²) in [4.78, 5) is 22.5. The van der Waals surface area contributed by atoms with Gasteiger partial charge in [0, 0.05) is 24.9 Å². The van der Waals surface area contributed by atoms with Crippen LogP contribution in [0.3, 0.4) is 0 Å². The van der Waals surface area contributed by atoms with E-state index in [9.17, 15) is 18.9 Å². The number of nitrogens with zero attached hydrogens (tertiary/aromatic N) is 1. The third kappa shape index (κ3) is 3.70. The maximum atomic E-state index is 11.4. The third-order valence-corrected chi connectivity index (χ3v) is 6.94. The van der Waals surface area contributed by atoms with Crippen LogP contribution in [-0.4, -0.2) is 33.6 Å². The summed E-state index contributed by atoms with van der Waals surface area (Å²) in [7, 11) is -7.39. The molecule has 1 aromatic heterocycles. The molecule has 1 aromatic rings. The minimum absolute atomic E-state index is 0.354. The normalized spacial score (nSPS) is 21.3. The molecule has 6 nitrogen and oxygen atoms in total. The molecule has 15 heavy (non-hydrogen) atoms. The van der Waals surface area contributed by atoms with Gasteiger partial charge in [-0.2, -0.15) is 0 Å². The molecule has 2 unspecified atom stereocenters. The second-order valence-corrected chi connectivity index (χ2v) is 9.35. The summed E-state index contributed by atoms with van der Waals surface area (Å²) in [5.74, 6) is 0. The summed E-state index contributed by atoms with van der Waals surface area (Å²) >= 11 is 1.20. The van der Waals surface area contributed by atoms with Gasteiger partial charge in [0.25, 0.3) is 0 Å². The summed E-state index contributed by atoms with van der Waals surface area (Å²) in [5, 5.41) is 4.54. The van der Waals surface area contributed by atoms with Crippen LogP contribution in [0.25, 0.3) is 0 Å². The third-order valence-electron chi connectivity index (χ3n) is 1.59. The van der Waals surface area contributed by atoms with Crippen molar-refractivity contribution in [2.45, 2.75) is 5.52 Å². The van der Waals surface area contributed by atoms with E-state index in [1.807, 2.05) is 0 Å². The molecular formula is C6H12N2O4P2S. The Bertz CT molecular complexity index is 387. The fourth-order valence-electron chi connectivity index (χ4n) is 1.04. The largest absolute Gasteiger partial charge is 0.343 e. The van der Waals surface area contributed by atoms with E-state index in [0.717, 1.165) is 13.3 Å². The van der Waals surface area contributed by atoms with Gasteiger partial charge in [-0.05, 0) is 0 Å². The Labute approximate surface area is 91.3 Å². The van der Waals surface area contributed by atoms with E-state index in [1.54, 1.807) is 5.38 Å². The second kappa shape index (κ2) is 4.36. The van der Waals surface area contributed by atoms with Crippen molar-refractivity contribution in [3.8, 4) is 0 Å². The Kier molecular flexibility index (Phi) is 3.74. The molecule has 0 spiro atoms. The summed E-state index contributed by atoms with van der Waals surface area (Å²) in [6.45, 7) is 2.09. The van der Waals surface area contributed by atoms with Crippen LogP contribution in [0.2, 0.25) is 0 Å². The van der Waals surface area contributed by atoms with Crippen LogP contribution >= 0.6 is 26.1 Å². The first-order valence-electron chi connectivity index (χ1n) is 3.97. The first-order chi connectivity index (χ1) is 6.71. The Hall–Kier alpha value is -0.190. The summed E-state index contributed by atoms with van der Waals surface area (Å²) < 4.78 is 22.9. The predicted molar refractivity (Wildman–Crippen MR) is 61.0 cm³/mol. The van der Waals surface area contributed by atoms with E-state index in [4.69, 9.17) is 0 Å². The zero-order valence-electron chi connectivity index (χ0n) is 8.19. The van der Waals surface area contributed by atoms with Crippen molar-refractivity contribution in [2.75, 3.05) is 18.6 Å². The molecule has 0 aliphatic rings. The van der Waals surface area contributed by atoms with Crippen molar-refractivity contribution in [2.24, 2.45) is 0 Å². The van der Waals surface area contributed by atoms with Crippen molar-refractivity contribution in [1.29, 1.82) is 0 Å². The van der Waals surface area contributed by atoms with Gasteiger partial charge in [-0.3, -0.25) is 9.13 Å². The molecule has 1 heterocycles. The van der Waals surface area contributed by atoms with E-state index < -0.39 is 20.3 Å². The fraction of sp³-hybridized carbons (Fsp3) is 0.500. The van der Waals surface area contributed by atoms with Crippen LogP contribution < -0.4 is 5.32 Å². The first-order valence-corrected chi connectivity index (χ1v) is 9.20. The van der Waals surface area contributed by atoms with Crippen LogP contribution in [0.15, 0.2) is 11.6 Å². The minimum atomic E-state index is -3.70. The highest BCUT2D eigenvalue weighted by Crippen LogP contribution is 2.60. The van der Waals surface area contributed by atoms with Gasteiger partial charge in [-0.1, -0.05) is 0 Å². The van der Waals surface area contributed by atoms with Crippen molar-refractivity contribution >= 4 is 31.2 Å². The lowest BCUT2D eigenvalue weighted by molar-refractivity contribution is 0.461. The molecule has 3 N–H and O–H groups in total. The van der Waals surface area contributed by atoms with Crippen molar-refractivity contribution < 1.29 is 18.9 Å². The monoisotopic (exact) mass is 270 g/mol. The van der Waals surface area contributed by atoms with Gasteiger partial charge < -0.3 is 15.1 Å². The molecule has 1 rings (SSSR count). The van der Waals surface area contributed by atoms with Crippen LogP contribution in [0.1, 0.15) is 0 Å². The smallest absolute Gasteiger partial charge is 0.229 e. The average Bonchev–Trinajstić information content (AvgIpc) is 2.46. The van der Waals surface area contributed by atoms with E-state index in [2.05, 4.69) is 10.3 Å². The first kappa shape index (κ1) is 12.9. The molecule has 0 fully saturated rings. The quantitative estimate of drug-likeness (QED) is 0.719. The fourth-order valence-corrected chi connectivity index (χ4v) is 5.68. The van der Waals surface area contributed by atoms with E-state index in [0.29, 0.717) is 5.13 Å². The molecule has 0 aliphatic carbocycles. The Morgan fingerprint density at radius 2 is 1.93 bits per heavy atom. The second-order valence-electron chi connectivity index (χ2n) is 3.24. The van der Waals surface area contributed by atoms with Crippen LogP contribution in [-0.2, 0) is 9.13 Å². The molecule has 86 valence electrons. The van der Waals surface area contributed by atoms with Crippen LogP contribution in [0.4, 0.5) is 5.13 Å². The lowest BCUT2D eigenvalue weighted by atomic mass is 11.0. The standard InChI is InChI=1S/C6H12N2O4P2S/c1-13(9,10)6(14(2,11)12)8-5-7-3-4-15-5/h3-4,6H,1-2H3,(H,7,8)(H,9,10)(H,11,12). The van der Waals surface area contributed by atoms with Gasteiger partial charge in [-0.25, -0.2) is 4.98 Å². The molecule has 0 aliphatic heterocycles. The number of aromatic nitrogens is 1. The topological polar surface area (TPSA) is 99.5 Å². The Morgan fingerprint density at radius 1 is 1.40 bits per heavy atom. The number of rotatable bonds is 4.